The van der Waals surface area contributed by atoms with Crippen LogP contribution in [0.5, 0.6) is 0 Å². The Hall–Kier alpha value is -0.860. The van der Waals surface area contributed by atoms with E-state index in [0.29, 0.717) is 12.8 Å². The second-order valence-electron chi connectivity index (χ2n) is 5.16. The minimum Gasteiger partial charge on any atom is -0.387 e. The number of rotatable bonds is 3. The minimum absolute atomic E-state index is 0.712. The Morgan fingerprint density at radius 2 is 1.71 bits per heavy atom. The van der Waals surface area contributed by atoms with Crippen molar-refractivity contribution in [3.63, 3.8) is 0 Å². The normalized spacial score (nSPS) is 21.1. The molecule has 2 heteroatoms. The molecule has 0 spiro atoms. The van der Waals surface area contributed by atoms with Crippen molar-refractivity contribution in [3.05, 3.63) is 35.4 Å². The van der Waals surface area contributed by atoms with Crippen LogP contribution in [-0.4, -0.2) is 15.8 Å². The standard InChI is InChI=1S/C15H22O2/c1-2-12-6-8-13(9-7-12)14(16)15(17)10-4-3-5-11-15/h6-9,14,16-17H,2-5,10-11H2,1H3. The summed E-state index contributed by atoms with van der Waals surface area (Å²) in [4.78, 5) is 0. The van der Waals surface area contributed by atoms with E-state index in [9.17, 15) is 10.2 Å². The molecule has 17 heavy (non-hydrogen) atoms. The zero-order chi connectivity index (χ0) is 12.3. The van der Waals surface area contributed by atoms with Crippen LogP contribution in [0.2, 0.25) is 0 Å². The number of aliphatic hydroxyl groups excluding tert-OH is 1. The zero-order valence-electron chi connectivity index (χ0n) is 10.5. The summed E-state index contributed by atoms with van der Waals surface area (Å²) >= 11 is 0. The molecule has 2 rings (SSSR count). The van der Waals surface area contributed by atoms with Crippen LogP contribution in [0.15, 0.2) is 24.3 Å². The van der Waals surface area contributed by atoms with Gasteiger partial charge in [0.05, 0.1) is 5.60 Å². The van der Waals surface area contributed by atoms with Gasteiger partial charge in [-0.15, -0.1) is 0 Å². The molecule has 0 saturated heterocycles. The van der Waals surface area contributed by atoms with E-state index in [1.165, 1.54) is 12.0 Å². The number of benzene rings is 1. The van der Waals surface area contributed by atoms with Gasteiger partial charge < -0.3 is 10.2 Å². The topological polar surface area (TPSA) is 40.5 Å². The highest BCUT2D eigenvalue weighted by molar-refractivity contribution is 5.26. The molecule has 1 aliphatic carbocycles. The van der Waals surface area contributed by atoms with E-state index in [2.05, 4.69) is 6.92 Å². The van der Waals surface area contributed by atoms with Crippen LogP contribution >= 0.6 is 0 Å². The van der Waals surface area contributed by atoms with Gasteiger partial charge in [-0.1, -0.05) is 50.5 Å². The lowest BCUT2D eigenvalue weighted by Gasteiger charge is -2.36. The maximum Gasteiger partial charge on any atom is 0.108 e. The Morgan fingerprint density at radius 3 is 2.24 bits per heavy atom. The number of hydrogen-bond donors (Lipinski definition) is 2. The average Bonchev–Trinajstić information content (AvgIpc) is 2.39. The highest BCUT2D eigenvalue weighted by atomic mass is 16.3. The summed E-state index contributed by atoms with van der Waals surface area (Å²) in [7, 11) is 0. The van der Waals surface area contributed by atoms with Gasteiger partial charge >= 0.3 is 0 Å². The van der Waals surface area contributed by atoms with Crippen LogP contribution in [0.1, 0.15) is 56.3 Å². The Balaban J connectivity index is 2.14. The van der Waals surface area contributed by atoms with E-state index in [-0.39, 0.29) is 0 Å². The van der Waals surface area contributed by atoms with Gasteiger partial charge in [0.15, 0.2) is 0 Å². The molecule has 1 unspecified atom stereocenters. The van der Waals surface area contributed by atoms with Crippen molar-refractivity contribution in [3.8, 4) is 0 Å². The van der Waals surface area contributed by atoms with Crippen molar-refractivity contribution in [2.45, 2.75) is 57.2 Å². The molecule has 1 atom stereocenters. The first-order chi connectivity index (χ1) is 8.15. The summed E-state index contributed by atoms with van der Waals surface area (Å²) in [5.74, 6) is 0. The van der Waals surface area contributed by atoms with Gasteiger partial charge in [0.25, 0.3) is 0 Å². The fourth-order valence-electron chi connectivity index (χ4n) is 2.68. The highest BCUT2D eigenvalue weighted by Gasteiger charge is 2.37. The SMILES string of the molecule is CCc1ccc(C(O)C2(O)CCCCC2)cc1. The summed E-state index contributed by atoms with van der Waals surface area (Å²) in [5.41, 5.74) is 1.19. The minimum atomic E-state index is -0.911. The lowest BCUT2D eigenvalue weighted by atomic mass is 9.78. The number of aryl methyl sites for hydroxylation is 1. The summed E-state index contributed by atoms with van der Waals surface area (Å²) in [6.45, 7) is 2.11. The van der Waals surface area contributed by atoms with Crippen molar-refractivity contribution in [1.29, 1.82) is 0 Å². The van der Waals surface area contributed by atoms with E-state index in [4.69, 9.17) is 0 Å². The first-order valence-corrected chi connectivity index (χ1v) is 6.65. The van der Waals surface area contributed by atoms with Gasteiger partial charge in [-0.2, -0.15) is 0 Å². The molecule has 0 radical (unpaired) electrons. The van der Waals surface area contributed by atoms with Crippen LogP contribution < -0.4 is 0 Å². The third kappa shape index (κ3) is 2.70. The Bertz CT molecular complexity index is 350. The monoisotopic (exact) mass is 234 g/mol. The lowest BCUT2D eigenvalue weighted by Crippen LogP contribution is -2.38. The number of aliphatic hydroxyl groups is 2. The molecule has 0 aromatic heterocycles. The van der Waals surface area contributed by atoms with Gasteiger partial charge in [0.2, 0.25) is 0 Å². The molecule has 0 heterocycles. The first-order valence-electron chi connectivity index (χ1n) is 6.65. The van der Waals surface area contributed by atoms with Crippen LogP contribution in [0.3, 0.4) is 0 Å². The molecule has 0 aliphatic heterocycles. The summed E-state index contributed by atoms with van der Waals surface area (Å²) < 4.78 is 0. The van der Waals surface area contributed by atoms with Gasteiger partial charge in [0, 0.05) is 0 Å². The molecule has 1 aromatic carbocycles. The first kappa shape index (κ1) is 12.6. The van der Waals surface area contributed by atoms with E-state index in [0.717, 1.165) is 24.8 Å². The molecule has 94 valence electrons. The van der Waals surface area contributed by atoms with Crippen LogP contribution in [-0.2, 0) is 6.42 Å². The van der Waals surface area contributed by atoms with E-state index >= 15 is 0 Å². The molecule has 0 amide bonds. The fourth-order valence-corrected chi connectivity index (χ4v) is 2.68. The molecule has 2 N–H and O–H groups in total. The summed E-state index contributed by atoms with van der Waals surface area (Å²) in [5, 5.41) is 20.8. The number of hydrogen-bond acceptors (Lipinski definition) is 2. The maximum atomic E-state index is 10.5. The average molecular weight is 234 g/mol. The second-order valence-corrected chi connectivity index (χ2v) is 5.16. The molecule has 1 saturated carbocycles. The zero-order valence-corrected chi connectivity index (χ0v) is 10.5. The van der Waals surface area contributed by atoms with Crippen molar-refractivity contribution >= 4 is 0 Å². The van der Waals surface area contributed by atoms with Crippen molar-refractivity contribution in [2.24, 2.45) is 0 Å². The molecule has 1 fully saturated rings. The lowest BCUT2D eigenvalue weighted by molar-refractivity contribution is -0.0991. The van der Waals surface area contributed by atoms with Crippen molar-refractivity contribution < 1.29 is 10.2 Å². The summed E-state index contributed by atoms with van der Waals surface area (Å²) in [6, 6.07) is 7.95. The highest BCUT2D eigenvalue weighted by Crippen LogP contribution is 2.38. The fraction of sp³-hybridized carbons (Fsp3) is 0.600. The molecule has 2 nitrogen and oxygen atoms in total. The van der Waals surface area contributed by atoms with Gasteiger partial charge in [-0.3, -0.25) is 0 Å². The Labute approximate surface area is 103 Å². The van der Waals surface area contributed by atoms with Crippen LogP contribution in [0.25, 0.3) is 0 Å². The van der Waals surface area contributed by atoms with E-state index in [1.54, 1.807) is 0 Å². The Morgan fingerprint density at radius 1 is 1.12 bits per heavy atom. The summed E-state index contributed by atoms with van der Waals surface area (Å²) in [6.07, 6.45) is 4.88. The van der Waals surface area contributed by atoms with Gasteiger partial charge in [-0.25, -0.2) is 0 Å². The largest absolute Gasteiger partial charge is 0.387 e. The van der Waals surface area contributed by atoms with Crippen LogP contribution in [0, 0.1) is 0 Å². The van der Waals surface area contributed by atoms with Crippen molar-refractivity contribution in [1.82, 2.24) is 0 Å². The smallest absolute Gasteiger partial charge is 0.108 e. The van der Waals surface area contributed by atoms with E-state index in [1.807, 2.05) is 24.3 Å². The third-order valence-electron chi connectivity index (χ3n) is 3.93. The molecule has 0 bridgehead atoms. The van der Waals surface area contributed by atoms with Gasteiger partial charge in [-0.05, 0) is 30.4 Å². The molecule has 1 aliphatic rings. The molecule has 1 aromatic rings. The van der Waals surface area contributed by atoms with Crippen molar-refractivity contribution in [2.75, 3.05) is 0 Å². The molecular weight excluding hydrogens is 212 g/mol. The van der Waals surface area contributed by atoms with Crippen LogP contribution in [0.4, 0.5) is 0 Å². The van der Waals surface area contributed by atoms with E-state index < -0.39 is 11.7 Å². The maximum absolute atomic E-state index is 10.5. The third-order valence-corrected chi connectivity index (χ3v) is 3.93. The quantitative estimate of drug-likeness (QED) is 0.844. The predicted octanol–water partition coefficient (Wildman–Crippen LogP) is 2.98. The predicted molar refractivity (Wildman–Crippen MR) is 68.8 cm³/mol. The Kier molecular flexibility index (Phi) is 3.85. The molecular formula is C15H22O2. The second kappa shape index (κ2) is 5.19. The van der Waals surface area contributed by atoms with Gasteiger partial charge in [0.1, 0.15) is 6.10 Å².